The first-order valence-corrected chi connectivity index (χ1v) is 9.91. The molecule has 2 saturated heterocycles. The van der Waals surface area contributed by atoms with Crippen molar-refractivity contribution in [3.8, 4) is 11.5 Å². The van der Waals surface area contributed by atoms with Gasteiger partial charge in [0.2, 0.25) is 12.7 Å². The second kappa shape index (κ2) is 9.73. The third-order valence-electron chi connectivity index (χ3n) is 5.60. The Kier molecular flexibility index (Phi) is 7.26. The first-order valence-electron chi connectivity index (χ1n) is 9.91. The van der Waals surface area contributed by atoms with E-state index in [1.165, 1.54) is 5.56 Å². The van der Waals surface area contributed by atoms with Gasteiger partial charge in [-0.15, -0.1) is 0 Å². The van der Waals surface area contributed by atoms with Crippen LogP contribution in [0, 0.1) is 0 Å². The zero-order valence-electron chi connectivity index (χ0n) is 17.1. The fourth-order valence-electron chi connectivity index (χ4n) is 4.19. The lowest BCUT2D eigenvalue weighted by molar-refractivity contribution is -0.192. The molecule has 0 unspecified atom stereocenters. The third-order valence-corrected chi connectivity index (χ3v) is 5.60. The van der Waals surface area contributed by atoms with Gasteiger partial charge in [-0.3, -0.25) is 9.69 Å². The van der Waals surface area contributed by atoms with Gasteiger partial charge in [0, 0.05) is 45.2 Å². The predicted molar refractivity (Wildman–Crippen MR) is 102 cm³/mol. The Balaban J connectivity index is 0.000000339. The lowest BCUT2D eigenvalue weighted by atomic mass is 9.96. The number of likely N-dealkylation sites (tertiary alicyclic amines) is 2. The van der Waals surface area contributed by atoms with Gasteiger partial charge < -0.3 is 24.2 Å². The number of carboxylic acids is 1. The molecular weight excluding hydrogens is 421 g/mol. The predicted octanol–water partition coefficient (Wildman–Crippen LogP) is 2.26. The average Bonchev–Trinajstić information content (AvgIpc) is 3.34. The summed E-state index contributed by atoms with van der Waals surface area (Å²) in [5, 5.41) is 7.12. The van der Waals surface area contributed by atoms with Crippen molar-refractivity contribution in [2.45, 2.75) is 44.1 Å². The van der Waals surface area contributed by atoms with Crippen LogP contribution in [-0.4, -0.2) is 78.6 Å². The van der Waals surface area contributed by atoms with Crippen molar-refractivity contribution in [3.63, 3.8) is 0 Å². The number of carbonyl (C=O) groups is 2. The van der Waals surface area contributed by atoms with Crippen LogP contribution in [0.1, 0.15) is 24.8 Å². The van der Waals surface area contributed by atoms with Crippen LogP contribution in [-0.2, 0) is 20.9 Å². The minimum atomic E-state index is -5.08. The molecule has 3 heterocycles. The van der Waals surface area contributed by atoms with Gasteiger partial charge in [-0.05, 0) is 30.5 Å². The number of aliphatic carboxylic acids is 1. The Morgan fingerprint density at radius 3 is 2.61 bits per heavy atom. The van der Waals surface area contributed by atoms with Crippen LogP contribution in [0.4, 0.5) is 13.2 Å². The highest BCUT2D eigenvalue weighted by atomic mass is 19.4. The number of carbonyl (C=O) groups excluding carboxylic acids is 1. The highest BCUT2D eigenvalue weighted by Gasteiger charge is 2.42. The summed E-state index contributed by atoms with van der Waals surface area (Å²) in [6.45, 7) is 3.54. The van der Waals surface area contributed by atoms with Crippen LogP contribution in [0.5, 0.6) is 11.5 Å². The Morgan fingerprint density at radius 2 is 1.94 bits per heavy atom. The fraction of sp³-hybridized carbons (Fsp3) is 0.600. The maximum atomic E-state index is 12.3. The molecule has 11 heteroatoms. The van der Waals surface area contributed by atoms with Crippen LogP contribution < -0.4 is 9.47 Å². The molecule has 1 amide bonds. The number of hydrogen-bond acceptors (Lipinski definition) is 6. The molecule has 0 aliphatic carbocycles. The summed E-state index contributed by atoms with van der Waals surface area (Å²) in [7, 11) is 1.69. The van der Waals surface area contributed by atoms with Crippen molar-refractivity contribution in [1.82, 2.24) is 9.80 Å². The molecule has 0 aromatic heterocycles. The second-order valence-corrected chi connectivity index (χ2v) is 7.50. The first kappa shape index (κ1) is 23.1. The van der Waals surface area contributed by atoms with Crippen LogP contribution >= 0.6 is 0 Å². The zero-order chi connectivity index (χ0) is 22.6. The number of alkyl halides is 3. The van der Waals surface area contributed by atoms with E-state index < -0.39 is 12.1 Å². The summed E-state index contributed by atoms with van der Waals surface area (Å²) in [5.41, 5.74) is 1.24. The number of hydrogen-bond donors (Lipinski definition) is 1. The summed E-state index contributed by atoms with van der Waals surface area (Å²) in [6, 6.07) is 6.95. The molecule has 3 aliphatic heterocycles. The molecule has 1 aromatic carbocycles. The number of piperidine rings is 1. The fourth-order valence-corrected chi connectivity index (χ4v) is 4.19. The summed E-state index contributed by atoms with van der Waals surface area (Å²) in [5.74, 6) is -0.818. The van der Waals surface area contributed by atoms with Crippen molar-refractivity contribution in [2.24, 2.45) is 0 Å². The number of halogens is 3. The van der Waals surface area contributed by atoms with Gasteiger partial charge in [0.15, 0.2) is 11.5 Å². The van der Waals surface area contributed by atoms with Crippen LogP contribution in [0.3, 0.4) is 0 Å². The van der Waals surface area contributed by atoms with E-state index in [0.717, 1.165) is 37.4 Å². The van der Waals surface area contributed by atoms with Crippen LogP contribution in [0.15, 0.2) is 18.2 Å². The standard InChI is InChI=1S/C18H24N2O4.C2HF3O2/c1-22-9-8-20-15-6-7-19(14(15)3-5-18(20)21)11-13-2-4-16-17(10-13)24-12-23-16;3-2(4,5)1(6)7/h2,4,10,14-15H,3,5-9,11-12H2,1H3;(H,6,7)/t14-,15-;/m1./s1. The Labute approximate surface area is 177 Å². The monoisotopic (exact) mass is 446 g/mol. The van der Waals surface area contributed by atoms with E-state index in [1.807, 2.05) is 11.0 Å². The molecule has 2 atom stereocenters. The SMILES string of the molecule is COCCN1C(=O)CC[C@@H]2[C@H]1CCN2Cc1ccc2c(c1)OCO2.O=C(O)C(F)(F)F. The third kappa shape index (κ3) is 5.59. The lowest BCUT2D eigenvalue weighted by Crippen LogP contribution is -2.52. The van der Waals surface area contributed by atoms with Gasteiger partial charge in [0.05, 0.1) is 6.61 Å². The molecule has 0 bridgehead atoms. The summed E-state index contributed by atoms with van der Waals surface area (Å²) >= 11 is 0. The first-order chi connectivity index (χ1) is 14.7. The van der Waals surface area contributed by atoms with E-state index in [0.29, 0.717) is 38.4 Å². The smallest absolute Gasteiger partial charge is 0.475 e. The minimum absolute atomic E-state index is 0.276. The molecular formula is C20H25F3N2O6. The molecule has 0 spiro atoms. The molecule has 3 aliphatic rings. The van der Waals surface area contributed by atoms with Crippen LogP contribution in [0.2, 0.25) is 0 Å². The molecule has 1 aromatic rings. The highest BCUT2D eigenvalue weighted by molar-refractivity contribution is 5.77. The van der Waals surface area contributed by atoms with Gasteiger partial charge in [-0.2, -0.15) is 13.2 Å². The largest absolute Gasteiger partial charge is 0.490 e. The number of nitrogens with zero attached hydrogens (tertiary/aromatic N) is 2. The topological polar surface area (TPSA) is 88.5 Å². The average molecular weight is 446 g/mol. The molecule has 0 radical (unpaired) electrons. The van der Waals surface area contributed by atoms with E-state index >= 15 is 0 Å². The number of benzene rings is 1. The minimum Gasteiger partial charge on any atom is -0.475 e. The number of methoxy groups -OCH3 is 1. The number of amides is 1. The second-order valence-electron chi connectivity index (χ2n) is 7.50. The zero-order valence-corrected chi connectivity index (χ0v) is 17.1. The Morgan fingerprint density at radius 1 is 1.23 bits per heavy atom. The molecule has 172 valence electrons. The number of fused-ring (bicyclic) bond motifs is 2. The molecule has 8 nitrogen and oxygen atoms in total. The molecule has 0 saturated carbocycles. The van der Waals surface area contributed by atoms with Crippen molar-refractivity contribution in [3.05, 3.63) is 23.8 Å². The number of carboxylic acid groups (broad SMARTS) is 1. The molecule has 31 heavy (non-hydrogen) atoms. The van der Waals surface area contributed by atoms with Crippen LogP contribution in [0.25, 0.3) is 0 Å². The van der Waals surface area contributed by atoms with Gasteiger partial charge in [-0.1, -0.05) is 6.07 Å². The highest BCUT2D eigenvalue weighted by Crippen LogP contribution is 2.35. The van der Waals surface area contributed by atoms with E-state index in [9.17, 15) is 18.0 Å². The molecule has 2 fully saturated rings. The molecule has 4 rings (SSSR count). The normalized spacial score (nSPS) is 22.7. The van der Waals surface area contributed by atoms with E-state index in [1.54, 1.807) is 7.11 Å². The van der Waals surface area contributed by atoms with Gasteiger partial charge in [0.25, 0.3) is 0 Å². The summed E-state index contributed by atoms with van der Waals surface area (Å²) in [4.78, 5) is 25.7. The number of ether oxygens (including phenoxy) is 3. The van der Waals surface area contributed by atoms with E-state index in [-0.39, 0.29) is 5.91 Å². The van der Waals surface area contributed by atoms with Gasteiger partial charge in [0.1, 0.15) is 0 Å². The van der Waals surface area contributed by atoms with Crippen molar-refractivity contribution >= 4 is 11.9 Å². The van der Waals surface area contributed by atoms with Crippen molar-refractivity contribution in [1.29, 1.82) is 0 Å². The van der Waals surface area contributed by atoms with E-state index in [4.69, 9.17) is 24.1 Å². The maximum Gasteiger partial charge on any atom is 0.490 e. The summed E-state index contributed by atoms with van der Waals surface area (Å²) < 4.78 is 47.8. The van der Waals surface area contributed by atoms with Crippen molar-refractivity contribution in [2.75, 3.05) is 33.6 Å². The van der Waals surface area contributed by atoms with Gasteiger partial charge in [-0.25, -0.2) is 4.79 Å². The van der Waals surface area contributed by atoms with E-state index in [2.05, 4.69) is 17.0 Å². The Hall–Kier alpha value is -2.53. The van der Waals surface area contributed by atoms with Crippen molar-refractivity contribution < 1.29 is 42.1 Å². The maximum absolute atomic E-state index is 12.3. The number of rotatable bonds is 5. The molecule has 1 N–H and O–H groups in total. The lowest BCUT2D eigenvalue weighted by Gasteiger charge is -2.39. The Bertz CT molecular complexity index is 804. The quantitative estimate of drug-likeness (QED) is 0.742. The van der Waals surface area contributed by atoms with Gasteiger partial charge >= 0.3 is 12.1 Å². The summed E-state index contributed by atoms with van der Waals surface area (Å²) in [6.07, 6.45) is -2.44.